The maximum atomic E-state index is 8.91. The molecule has 0 amide bonds. The largest absolute Gasteiger partial charge is 0.493 e. The minimum Gasteiger partial charge on any atom is -0.493 e. The zero-order valence-corrected chi connectivity index (χ0v) is 13.3. The average Bonchev–Trinajstić information content (AvgIpc) is 2.61. The topological polar surface area (TPSA) is 117 Å². The fourth-order valence-corrected chi connectivity index (χ4v) is 2.10. The Morgan fingerprint density at radius 1 is 1.17 bits per heavy atom. The number of hydrogen-bond donors (Lipinski definition) is 3. The maximum absolute atomic E-state index is 8.91. The van der Waals surface area contributed by atoms with E-state index in [9.17, 15) is 0 Å². The molecule has 0 aliphatic heterocycles. The highest BCUT2D eigenvalue weighted by molar-refractivity contribution is 6.45. The molecular weight excluding hydrogens is 306 g/mol. The van der Waals surface area contributed by atoms with Gasteiger partial charge in [0, 0.05) is 5.56 Å². The van der Waals surface area contributed by atoms with Crippen molar-refractivity contribution in [2.75, 3.05) is 19.6 Å². The number of anilines is 1. The van der Waals surface area contributed by atoms with Crippen LogP contribution in [0.5, 0.6) is 11.5 Å². The number of nitrogens with two attached hydrogens (primary N) is 1. The molecule has 0 spiro atoms. The second-order valence-electron chi connectivity index (χ2n) is 4.71. The van der Waals surface area contributed by atoms with Gasteiger partial charge in [-0.25, -0.2) is 0 Å². The number of nitrogens with one attached hydrogen (secondary N) is 2. The summed E-state index contributed by atoms with van der Waals surface area (Å²) in [6, 6.07) is 14.7. The van der Waals surface area contributed by atoms with Crippen LogP contribution in [0.25, 0.3) is 11.1 Å². The SMILES string of the molecule is COc1ccc(-c2ccccc2N/N=C(\C#N)C(=N)N)cc1OC. The maximum Gasteiger partial charge on any atom is 0.201 e. The van der Waals surface area contributed by atoms with Gasteiger partial charge in [-0.05, 0) is 23.8 Å². The van der Waals surface area contributed by atoms with Gasteiger partial charge in [-0.3, -0.25) is 10.8 Å². The Morgan fingerprint density at radius 2 is 1.88 bits per heavy atom. The van der Waals surface area contributed by atoms with Crippen LogP contribution in [0.2, 0.25) is 0 Å². The van der Waals surface area contributed by atoms with Crippen molar-refractivity contribution in [3.8, 4) is 28.7 Å². The second-order valence-corrected chi connectivity index (χ2v) is 4.71. The molecule has 0 atom stereocenters. The van der Waals surface area contributed by atoms with Gasteiger partial charge >= 0.3 is 0 Å². The molecular formula is C17H17N5O2. The second kappa shape index (κ2) is 7.65. The van der Waals surface area contributed by atoms with Crippen molar-refractivity contribution < 1.29 is 9.47 Å². The highest BCUT2D eigenvalue weighted by Crippen LogP contribution is 2.35. The quantitative estimate of drug-likeness (QED) is 0.429. The first kappa shape index (κ1) is 16.8. The standard InChI is InChI=1S/C17H17N5O2/c1-23-15-8-7-11(9-16(15)24-2)12-5-3-4-6-13(12)21-22-14(10-18)17(19)20/h3-9,21H,1-2H3,(H3,19,20)/b22-14+. The lowest BCUT2D eigenvalue weighted by atomic mass is 10.0. The predicted octanol–water partition coefficient (Wildman–Crippen LogP) is 2.60. The zero-order valence-electron chi connectivity index (χ0n) is 13.3. The number of benzene rings is 2. The number of nitriles is 1. The van der Waals surface area contributed by atoms with Crippen LogP contribution in [0.15, 0.2) is 47.6 Å². The van der Waals surface area contributed by atoms with Gasteiger partial charge in [0.25, 0.3) is 0 Å². The van der Waals surface area contributed by atoms with E-state index in [-0.39, 0.29) is 5.71 Å². The van der Waals surface area contributed by atoms with Crippen molar-refractivity contribution >= 4 is 17.2 Å². The van der Waals surface area contributed by atoms with Crippen LogP contribution in [0, 0.1) is 16.7 Å². The normalized spacial score (nSPS) is 10.6. The van der Waals surface area contributed by atoms with Crippen molar-refractivity contribution in [2.24, 2.45) is 10.8 Å². The first-order chi connectivity index (χ1) is 11.6. The molecule has 2 aromatic rings. The number of hydrazone groups is 1. The molecule has 0 fully saturated rings. The molecule has 0 aliphatic carbocycles. The van der Waals surface area contributed by atoms with E-state index in [0.29, 0.717) is 17.2 Å². The number of ether oxygens (including phenoxy) is 2. The molecule has 0 saturated carbocycles. The molecule has 0 aromatic heterocycles. The molecule has 4 N–H and O–H groups in total. The molecule has 0 bridgehead atoms. The third-order valence-electron chi connectivity index (χ3n) is 3.27. The van der Waals surface area contributed by atoms with Crippen LogP contribution in [-0.2, 0) is 0 Å². The molecule has 2 aromatic carbocycles. The van der Waals surface area contributed by atoms with Gasteiger partial charge in [-0.2, -0.15) is 10.4 Å². The first-order valence-corrected chi connectivity index (χ1v) is 7.00. The Kier molecular flexibility index (Phi) is 5.36. The van der Waals surface area contributed by atoms with Gasteiger partial charge in [0.15, 0.2) is 17.3 Å². The number of methoxy groups -OCH3 is 2. The molecule has 0 heterocycles. The summed E-state index contributed by atoms with van der Waals surface area (Å²) in [5.41, 5.74) is 10.3. The third kappa shape index (κ3) is 3.62. The summed E-state index contributed by atoms with van der Waals surface area (Å²) in [6.45, 7) is 0. The van der Waals surface area contributed by atoms with Crippen molar-refractivity contribution in [2.45, 2.75) is 0 Å². The van der Waals surface area contributed by atoms with E-state index in [1.165, 1.54) is 0 Å². The number of para-hydroxylation sites is 1. The molecule has 0 aliphatic rings. The minimum absolute atomic E-state index is 0.183. The number of amidine groups is 1. The van der Waals surface area contributed by atoms with Crippen LogP contribution in [-0.4, -0.2) is 25.8 Å². The van der Waals surface area contributed by atoms with Gasteiger partial charge in [-0.15, -0.1) is 0 Å². The molecule has 24 heavy (non-hydrogen) atoms. The summed E-state index contributed by atoms with van der Waals surface area (Å²) < 4.78 is 10.6. The van der Waals surface area contributed by atoms with Crippen molar-refractivity contribution in [1.29, 1.82) is 10.7 Å². The minimum atomic E-state index is -0.395. The van der Waals surface area contributed by atoms with E-state index in [4.69, 9.17) is 25.9 Å². The molecule has 0 saturated heterocycles. The zero-order chi connectivity index (χ0) is 17.5. The van der Waals surface area contributed by atoms with Gasteiger partial charge in [0.2, 0.25) is 5.71 Å². The molecule has 7 nitrogen and oxygen atoms in total. The summed E-state index contributed by atoms with van der Waals surface area (Å²) in [4.78, 5) is 0. The van der Waals surface area contributed by atoms with Crippen molar-refractivity contribution in [3.63, 3.8) is 0 Å². The van der Waals surface area contributed by atoms with E-state index in [1.807, 2.05) is 42.5 Å². The highest BCUT2D eigenvalue weighted by atomic mass is 16.5. The molecule has 7 heteroatoms. The van der Waals surface area contributed by atoms with Gasteiger partial charge in [0.1, 0.15) is 6.07 Å². The van der Waals surface area contributed by atoms with Crippen LogP contribution in [0.1, 0.15) is 0 Å². The van der Waals surface area contributed by atoms with Gasteiger partial charge in [0.05, 0.1) is 19.9 Å². The van der Waals surface area contributed by atoms with Crippen LogP contribution in [0.4, 0.5) is 5.69 Å². The van der Waals surface area contributed by atoms with Gasteiger partial charge in [-0.1, -0.05) is 24.3 Å². The van der Waals surface area contributed by atoms with Crippen LogP contribution >= 0.6 is 0 Å². The highest BCUT2D eigenvalue weighted by Gasteiger charge is 2.10. The Morgan fingerprint density at radius 3 is 2.50 bits per heavy atom. The van der Waals surface area contributed by atoms with Crippen molar-refractivity contribution in [3.05, 3.63) is 42.5 Å². The number of nitrogens with zero attached hydrogens (tertiary/aromatic N) is 2. The first-order valence-electron chi connectivity index (χ1n) is 7.00. The van der Waals surface area contributed by atoms with E-state index in [2.05, 4.69) is 10.5 Å². The van der Waals surface area contributed by atoms with E-state index in [1.54, 1.807) is 20.3 Å². The van der Waals surface area contributed by atoms with Crippen LogP contribution < -0.4 is 20.6 Å². The van der Waals surface area contributed by atoms with E-state index < -0.39 is 5.84 Å². The fraction of sp³-hybridized carbons (Fsp3) is 0.118. The summed E-state index contributed by atoms with van der Waals surface area (Å²) in [7, 11) is 3.15. The molecule has 0 radical (unpaired) electrons. The Hall–Kier alpha value is -3.53. The Balaban J connectivity index is 2.43. The summed E-state index contributed by atoms with van der Waals surface area (Å²) in [5.74, 6) is 0.844. The van der Waals surface area contributed by atoms with Gasteiger partial charge < -0.3 is 15.2 Å². The average molecular weight is 323 g/mol. The predicted molar refractivity (Wildman–Crippen MR) is 93.6 cm³/mol. The van der Waals surface area contributed by atoms with Crippen LogP contribution in [0.3, 0.4) is 0 Å². The summed E-state index contributed by atoms with van der Waals surface area (Å²) in [5, 5.41) is 20.1. The summed E-state index contributed by atoms with van der Waals surface area (Å²) >= 11 is 0. The Bertz CT molecular complexity index is 824. The number of hydrogen-bond acceptors (Lipinski definition) is 6. The van der Waals surface area contributed by atoms with Crippen molar-refractivity contribution in [1.82, 2.24) is 0 Å². The fourth-order valence-electron chi connectivity index (χ4n) is 2.10. The lowest BCUT2D eigenvalue weighted by Crippen LogP contribution is -2.21. The Labute approximate surface area is 139 Å². The summed E-state index contributed by atoms with van der Waals surface area (Å²) in [6.07, 6.45) is 0. The lowest BCUT2D eigenvalue weighted by Gasteiger charge is -2.12. The monoisotopic (exact) mass is 323 g/mol. The molecule has 0 unspecified atom stereocenters. The third-order valence-corrected chi connectivity index (χ3v) is 3.27. The molecule has 122 valence electrons. The number of rotatable bonds is 6. The lowest BCUT2D eigenvalue weighted by molar-refractivity contribution is 0.355. The molecule has 2 rings (SSSR count). The van der Waals surface area contributed by atoms with E-state index >= 15 is 0 Å². The smallest absolute Gasteiger partial charge is 0.201 e. The van der Waals surface area contributed by atoms with E-state index in [0.717, 1.165) is 11.1 Å².